The van der Waals surface area contributed by atoms with Gasteiger partial charge in [-0.1, -0.05) is 6.07 Å². The molecule has 2 aromatic rings. The molecule has 136 valence electrons. The predicted molar refractivity (Wildman–Crippen MR) is 92.4 cm³/mol. The Balaban J connectivity index is 2.19. The number of fused-ring (bicyclic) bond motifs is 1. The van der Waals surface area contributed by atoms with Gasteiger partial charge >= 0.3 is 5.97 Å². The molecule has 0 aromatic carbocycles. The fourth-order valence-corrected chi connectivity index (χ4v) is 3.03. The SMILES string of the molecule is COC(=O)C[C@H]1C(=O)NCCN1c1nc2c(C)cccn2c(=O)c1C=O. The van der Waals surface area contributed by atoms with Gasteiger partial charge in [-0.15, -0.1) is 0 Å². The number of aldehydes is 1. The molecule has 1 fully saturated rings. The number of rotatable bonds is 4. The van der Waals surface area contributed by atoms with Gasteiger partial charge in [0, 0.05) is 19.3 Å². The van der Waals surface area contributed by atoms with Crippen LogP contribution in [-0.4, -0.2) is 53.8 Å². The van der Waals surface area contributed by atoms with Gasteiger partial charge < -0.3 is 15.0 Å². The molecule has 1 amide bonds. The van der Waals surface area contributed by atoms with E-state index in [2.05, 4.69) is 15.0 Å². The number of nitrogens with one attached hydrogen (secondary N) is 1. The van der Waals surface area contributed by atoms with Crippen molar-refractivity contribution >= 4 is 29.6 Å². The molecule has 3 rings (SSSR count). The Hall–Kier alpha value is -3.23. The smallest absolute Gasteiger partial charge is 0.308 e. The van der Waals surface area contributed by atoms with E-state index < -0.39 is 17.6 Å². The number of hydrogen-bond acceptors (Lipinski definition) is 7. The largest absolute Gasteiger partial charge is 0.469 e. The van der Waals surface area contributed by atoms with E-state index in [4.69, 9.17) is 0 Å². The lowest BCUT2D eigenvalue weighted by molar-refractivity contribution is -0.143. The van der Waals surface area contributed by atoms with Gasteiger partial charge in [0.1, 0.15) is 23.1 Å². The molecule has 1 aliphatic heterocycles. The number of anilines is 1. The summed E-state index contributed by atoms with van der Waals surface area (Å²) in [5.74, 6) is -0.855. The Morgan fingerprint density at radius 3 is 2.92 bits per heavy atom. The molecule has 0 aliphatic carbocycles. The molecule has 0 bridgehead atoms. The summed E-state index contributed by atoms with van der Waals surface area (Å²) in [6.45, 7) is 2.41. The third-order valence-corrected chi connectivity index (χ3v) is 4.37. The molecule has 2 aromatic heterocycles. The number of ether oxygens (including phenoxy) is 1. The summed E-state index contributed by atoms with van der Waals surface area (Å²) in [6, 6.07) is 2.57. The fraction of sp³-hybridized carbons (Fsp3) is 0.353. The van der Waals surface area contributed by atoms with Gasteiger partial charge in [-0.25, -0.2) is 4.98 Å². The van der Waals surface area contributed by atoms with Crippen LogP contribution >= 0.6 is 0 Å². The first-order valence-corrected chi connectivity index (χ1v) is 8.06. The van der Waals surface area contributed by atoms with Crippen LogP contribution in [0.5, 0.6) is 0 Å². The minimum absolute atomic E-state index is 0.100. The number of amides is 1. The minimum Gasteiger partial charge on any atom is -0.469 e. The fourth-order valence-electron chi connectivity index (χ4n) is 3.03. The van der Waals surface area contributed by atoms with E-state index in [1.54, 1.807) is 19.1 Å². The maximum Gasteiger partial charge on any atom is 0.308 e. The lowest BCUT2D eigenvalue weighted by atomic mass is 10.1. The summed E-state index contributed by atoms with van der Waals surface area (Å²) in [5, 5.41) is 2.67. The zero-order chi connectivity index (χ0) is 18.8. The van der Waals surface area contributed by atoms with Gasteiger partial charge in [-0.3, -0.25) is 23.6 Å². The van der Waals surface area contributed by atoms with E-state index in [0.717, 1.165) is 5.56 Å². The highest BCUT2D eigenvalue weighted by molar-refractivity contribution is 5.92. The van der Waals surface area contributed by atoms with E-state index in [-0.39, 0.29) is 23.7 Å². The number of aromatic nitrogens is 2. The zero-order valence-corrected chi connectivity index (χ0v) is 14.4. The van der Waals surface area contributed by atoms with Gasteiger partial charge in [0.15, 0.2) is 6.29 Å². The Bertz CT molecular complexity index is 952. The van der Waals surface area contributed by atoms with Crippen LogP contribution in [0, 0.1) is 6.92 Å². The number of hydrogen-bond donors (Lipinski definition) is 1. The maximum absolute atomic E-state index is 12.7. The van der Waals surface area contributed by atoms with Gasteiger partial charge in [-0.05, 0) is 18.6 Å². The lowest BCUT2D eigenvalue weighted by Crippen LogP contribution is -2.57. The number of piperazine rings is 1. The second-order valence-electron chi connectivity index (χ2n) is 5.94. The number of aryl methyl sites for hydroxylation is 1. The second-order valence-corrected chi connectivity index (χ2v) is 5.94. The van der Waals surface area contributed by atoms with Gasteiger partial charge in [0.05, 0.1) is 13.5 Å². The van der Waals surface area contributed by atoms with Crippen LogP contribution in [0.4, 0.5) is 5.82 Å². The van der Waals surface area contributed by atoms with Crippen LogP contribution in [0.1, 0.15) is 22.3 Å². The molecule has 1 aliphatic rings. The third-order valence-electron chi connectivity index (χ3n) is 4.37. The highest BCUT2D eigenvalue weighted by Crippen LogP contribution is 2.22. The Labute approximate surface area is 148 Å². The monoisotopic (exact) mass is 358 g/mol. The average molecular weight is 358 g/mol. The van der Waals surface area contributed by atoms with E-state index >= 15 is 0 Å². The first kappa shape index (κ1) is 17.6. The molecular weight excluding hydrogens is 340 g/mol. The molecule has 0 spiro atoms. The van der Waals surface area contributed by atoms with E-state index in [0.29, 0.717) is 25.0 Å². The van der Waals surface area contributed by atoms with E-state index in [1.165, 1.54) is 22.6 Å². The second kappa shape index (κ2) is 6.95. The third kappa shape index (κ3) is 2.92. The quantitative estimate of drug-likeness (QED) is 0.589. The number of esters is 1. The van der Waals surface area contributed by atoms with Crippen LogP contribution in [-0.2, 0) is 14.3 Å². The number of nitrogens with zero attached hydrogens (tertiary/aromatic N) is 3. The van der Waals surface area contributed by atoms with Crippen LogP contribution in [0.3, 0.4) is 0 Å². The summed E-state index contributed by atoms with van der Waals surface area (Å²) < 4.78 is 5.95. The lowest BCUT2D eigenvalue weighted by Gasteiger charge is -2.35. The molecule has 0 radical (unpaired) electrons. The first-order chi connectivity index (χ1) is 12.5. The normalized spacial score (nSPS) is 17.1. The molecule has 9 heteroatoms. The van der Waals surface area contributed by atoms with Crippen molar-refractivity contribution < 1.29 is 19.1 Å². The van der Waals surface area contributed by atoms with Crippen LogP contribution in [0.2, 0.25) is 0 Å². The number of carbonyl (C=O) groups excluding carboxylic acids is 3. The van der Waals surface area contributed by atoms with Gasteiger partial charge in [0.25, 0.3) is 5.56 Å². The van der Waals surface area contributed by atoms with Crippen molar-refractivity contribution in [2.24, 2.45) is 0 Å². The molecular formula is C17H18N4O5. The van der Waals surface area contributed by atoms with Crippen molar-refractivity contribution in [1.29, 1.82) is 0 Å². The maximum atomic E-state index is 12.7. The van der Waals surface area contributed by atoms with Crippen molar-refractivity contribution in [1.82, 2.24) is 14.7 Å². The molecule has 26 heavy (non-hydrogen) atoms. The Morgan fingerprint density at radius 2 is 2.23 bits per heavy atom. The highest BCUT2D eigenvalue weighted by Gasteiger charge is 2.35. The standard InChI is InChI=1S/C17H18N4O5/c1-10-4-3-6-21-14(10)19-15(11(9-22)17(21)25)20-7-5-18-16(24)12(20)8-13(23)26-2/h3-4,6,9,12H,5,7-8H2,1-2H3,(H,18,24)/t12-/m0/s1. The van der Waals surface area contributed by atoms with E-state index in [9.17, 15) is 19.2 Å². The molecule has 1 saturated heterocycles. The number of pyridine rings is 1. The van der Waals surface area contributed by atoms with Crippen molar-refractivity contribution in [3.05, 3.63) is 39.8 Å². The molecule has 1 N–H and O–H groups in total. The molecule has 9 nitrogen and oxygen atoms in total. The van der Waals surface area contributed by atoms with Crippen molar-refractivity contribution in [2.75, 3.05) is 25.1 Å². The van der Waals surface area contributed by atoms with Gasteiger partial charge in [0.2, 0.25) is 5.91 Å². The summed E-state index contributed by atoms with van der Waals surface area (Å²) in [7, 11) is 1.23. The Morgan fingerprint density at radius 1 is 1.46 bits per heavy atom. The first-order valence-electron chi connectivity index (χ1n) is 8.06. The predicted octanol–water partition coefficient (Wildman–Crippen LogP) is -0.317. The average Bonchev–Trinajstić information content (AvgIpc) is 2.64. The van der Waals surface area contributed by atoms with Gasteiger partial charge in [-0.2, -0.15) is 0 Å². The molecule has 0 saturated carbocycles. The van der Waals surface area contributed by atoms with Crippen molar-refractivity contribution in [3.8, 4) is 0 Å². The van der Waals surface area contributed by atoms with Crippen LogP contribution < -0.4 is 15.8 Å². The topological polar surface area (TPSA) is 110 Å². The highest BCUT2D eigenvalue weighted by atomic mass is 16.5. The molecule has 0 unspecified atom stereocenters. The Kier molecular flexibility index (Phi) is 4.70. The summed E-state index contributed by atoms with van der Waals surface area (Å²) in [5.41, 5.74) is 0.458. The van der Waals surface area contributed by atoms with Crippen LogP contribution in [0.25, 0.3) is 5.65 Å². The van der Waals surface area contributed by atoms with Crippen LogP contribution in [0.15, 0.2) is 23.1 Å². The number of methoxy groups -OCH3 is 1. The van der Waals surface area contributed by atoms with Crippen molar-refractivity contribution in [2.45, 2.75) is 19.4 Å². The summed E-state index contributed by atoms with van der Waals surface area (Å²) in [6.07, 6.45) is 1.75. The molecule has 3 heterocycles. The summed E-state index contributed by atoms with van der Waals surface area (Å²) in [4.78, 5) is 54.3. The molecule has 1 atom stereocenters. The minimum atomic E-state index is -0.909. The van der Waals surface area contributed by atoms with Crippen molar-refractivity contribution in [3.63, 3.8) is 0 Å². The number of carbonyl (C=O) groups is 3. The van der Waals surface area contributed by atoms with E-state index in [1.807, 2.05) is 0 Å². The zero-order valence-electron chi connectivity index (χ0n) is 14.4. The summed E-state index contributed by atoms with van der Waals surface area (Å²) >= 11 is 0.